The average molecular weight is 306 g/mol. The molecule has 1 aromatic carbocycles. The fraction of sp³-hybridized carbons (Fsp3) is 0.143. The molecule has 6 heteroatoms. The van der Waals surface area contributed by atoms with E-state index in [2.05, 4.69) is 4.98 Å². The van der Waals surface area contributed by atoms with Gasteiger partial charge in [0, 0.05) is 29.4 Å². The Labute approximate surface area is 125 Å². The summed E-state index contributed by atoms with van der Waals surface area (Å²) in [5.74, 6) is -0.0852. The number of benzene rings is 1. The largest absolute Gasteiger partial charge is 0.316 e. The highest BCUT2D eigenvalue weighted by Gasteiger charge is 2.32. The van der Waals surface area contributed by atoms with Gasteiger partial charge in [0.25, 0.3) is 0 Å². The number of halogens is 1. The third-order valence-corrected chi connectivity index (χ3v) is 4.66. The number of aromatic nitrogens is 1. The Bertz CT molecular complexity index is 692. The van der Waals surface area contributed by atoms with Crippen LogP contribution in [-0.4, -0.2) is 17.9 Å². The Morgan fingerprint density at radius 2 is 2.20 bits per heavy atom. The maximum absolute atomic E-state index is 11.8. The van der Waals surface area contributed by atoms with E-state index in [1.807, 2.05) is 18.2 Å². The van der Waals surface area contributed by atoms with Gasteiger partial charge in [-0.3, -0.25) is 4.79 Å². The van der Waals surface area contributed by atoms with Gasteiger partial charge in [0.2, 0.25) is 5.91 Å². The van der Waals surface area contributed by atoms with E-state index < -0.39 is 6.04 Å². The van der Waals surface area contributed by atoms with Gasteiger partial charge in [0.1, 0.15) is 11.1 Å². The molecule has 0 fully saturated rings. The summed E-state index contributed by atoms with van der Waals surface area (Å²) in [7, 11) is 1.73. The smallest absolute Gasteiger partial charge is 0.248 e. The van der Waals surface area contributed by atoms with Gasteiger partial charge >= 0.3 is 0 Å². The first-order valence-corrected chi connectivity index (χ1v) is 7.23. The molecule has 2 heterocycles. The van der Waals surface area contributed by atoms with Gasteiger partial charge in [0.15, 0.2) is 0 Å². The van der Waals surface area contributed by atoms with E-state index in [1.165, 1.54) is 11.8 Å². The van der Waals surface area contributed by atoms with Crippen molar-refractivity contribution in [2.75, 3.05) is 11.9 Å². The second-order valence-electron chi connectivity index (χ2n) is 4.49. The summed E-state index contributed by atoms with van der Waals surface area (Å²) in [4.78, 5) is 18.6. The first-order valence-electron chi connectivity index (χ1n) is 6.03. The second kappa shape index (κ2) is 5.09. The normalized spacial score (nSPS) is 17.4. The van der Waals surface area contributed by atoms with Crippen LogP contribution in [0.4, 0.5) is 5.69 Å². The number of rotatable bonds is 2. The lowest BCUT2D eigenvalue weighted by Crippen LogP contribution is -2.27. The van der Waals surface area contributed by atoms with Crippen LogP contribution in [0.3, 0.4) is 0 Å². The van der Waals surface area contributed by atoms with Crippen LogP contribution in [0, 0.1) is 0 Å². The lowest BCUT2D eigenvalue weighted by molar-refractivity contribution is -0.118. The van der Waals surface area contributed by atoms with Gasteiger partial charge in [0.05, 0.1) is 5.02 Å². The molecule has 0 spiro atoms. The lowest BCUT2D eigenvalue weighted by atomic mass is 10.1. The topological polar surface area (TPSA) is 59.2 Å². The minimum absolute atomic E-state index is 0.0852. The predicted octanol–water partition coefficient (Wildman–Crippen LogP) is 2.86. The maximum atomic E-state index is 11.8. The first kappa shape index (κ1) is 13.4. The SMILES string of the molecule is CN1C(=O)C(N)c2ccc(Sc3ncccc3Cl)cc21. The molecule has 0 radical (unpaired) electrons. The van der Waals surface area contributed by atoms with E-state index in [0.717, 1.165) is 21.2 Å². The van der Waals surface area contributed by atoms with Crippen molar-refractivity contribution in [1.29, 1.82) is 0 Å². The number of fused-ring (bicyclic) bond motifs is 1. The minimum Gasteiger partial charge on any atom is -0.316 e. The van der Waals surface area contributed by atoms with E-state index >= 15 is 0 Å². The molecule has 1 aromatic heterocycles. The molecule has 0 bridgehead atoms. The number of nitrogens with two attached hydrogens (primary N) is 1. The zero-order valence-electron chi connectivity index (χ0n) is 10.7. The molecule has 0 saturated carbocycles. The Morgan fingerprint density at radius 1 is 1.40 bits per heavy atom. The van der Waals surface area contributed by atoms with Crippen molar-refractivity contribution in [3.63, 3.8) is 0 Å². The zero-order chi connectivity index (χ0) is 14.3. The van der Waals surface area contributed by atoms with Gasteiger partial charge in [-0.1, -0.05) is 29.4 Å². The molecule has 1 amide bonds. The molecule has 1 aliphatic rings. The highest BCUT2D eigenvalue weighted by molar-refractivity contribution is 7.99. The average Bonchev–Trinajstić information content (AvgIpc) is 2.66. The van der Waals surface area contributed by atoms with Gasteiger partial charge in [-0.05, 0) is 24.3 Å². The van der Waals surface area contributed by atoms with Crippen molar-refractivity contribution in [3.8, 4) is 0 Å². The van der Waals surface area contributed by atoms with Crippen LogP contribution >= 0.6 is 23.4 Å². The van der Waals surface area contributed by atoms with Crippen LogP contribution in [0.2, 0.25) is 5.02 Å². The molecule has 4 nitrogen and oxygen atoms in total. The van der Waals surface area contributed by atoms with Crippen molar-refractivity contribution in [2.24, 2.45) is 5.73 Å². The van der Waals surface area contributed by atoms with Crippen LogP contribution in [0.15, 0.2) is 46.5 Å². The van der Waals surface area contributed by atoms with Crippen molar-refractivity contribution in [1.82, 2.24) is 4.98 Å². The molecule has 3 rings (SSSR count). The van der Waals surface area contributed by atoms with E-state index in [-0.39, 0.29) is 5.91 Å². The van der Waals surface area contributed by atoms with Crippen molar-refractivity contribution in [3.05, 3.63) is 47.1 Å². The molecule has 2 aromatic rings. The third kappa shape index (κ3) is 2.18. The number of carbonyl (C=O) groups excluding carboxylic acids is 1. The molecular weight excluding hydrogens is 294 g/mol. The fourth-order valence-electron chi connectivity index (χ4n) is 2.16. The summed E-state index contributed by atoms with van der Waals surface area (Å²) in [6.07, 6.45) is 1.70. The van der Waals surface area contributed by atoms with Crippen molar-refractivity contribution in [2.45, 2.75) is 16.0 Å². The minimum atomic E-state index is -0.563. The standard InChI is InChI=1S/C14H12ClN3OS/c1-18-11-7-8(4-5-9(11)12(16)14(18)19)20-13-10(15)3-2-6-17-13/h2-7,12H,16H2,1H3. The summed E-state index contributed by atoms with van der Waals surface area (Å²) < 4.78 is 0. The summed E-state index contributed by atoms with van der Waals surface area (Å²) in [5, 5.41) is 1.35. The van der Waals surface area contributed by atoms with Crippen LogP contribution in [0.5, 0.6) is 0 Å². The molecule has 0 saturated heterocycles. The number of hydrogen-bond donors (Lipinski definition) is 1. The number of nitrogens with zero attached hydrogens (tertiary/aromatic N) is 2. The van der Waals surface area contributed by atoms with Crippen LogP contribution < -0.4 is 10.6 Å². The van der Waals surface area contributed by atoms with E-state index in [0.29, 0.717) is 5.02 Å². The van der Waals surface area contributed by atoms with E-state index in [9.17, 15) is 4.79 Å². The molecule has 102 valence electrons. The highest BCUT2D eigenvalue weighted by Crippen LogP contribution is 2.39. The predicted molar refractivity (Wildman–Crippen MR) is 80.2 cm³/mol. The van der Waals surface area contributed by atoms with E-state index in [4.69, 9.17) is 17.3 Å². The summed E-state index contributed by atoms with van der Waals surface area (Å²) in [5.41, 5.74) is 7.58. The number of carbonyl (C=O) groups is 1. The van der Waals surface area contributed by atoms with E-state index in [1.54, 1.807) is 30.3 Å². The molecule has 1 aliphatic heterocycles. The number of amides is 1. The zero-order valence-corrected chi connectivity index (χ0v) is 12.3. The second-order valence-corrected chi connectivity index (χ2v) is 5.96. The van der Waals surface area contributed by atoms with Crippen LogP contribution in [0.1, 0.15) is 11.6 Å². The third-order valence-electron chi connectivity index (χ3n) is 3.23. The van der Waals surface area contributed by atoms with Crippen molar-refractivity contribution >= 4 is 35.0 Å². The van der Waals surface area contributed by atoms with Gasteiger partial charge < -0.3 is 10.6 Å². The van der Waals surface area contributed by atoms with Crippen LogP contribution in [-0.2, 0) is 4.79 Å². The summed E-state index contributed by atoms with van der Waals surface area (Å²) >= 11 is 7.56. The highest BCUT2D eigenvalue weighted by atomic mass is 35.5. The number of hydrogen-bond acceptors (Lipinski definition) is 4. The molecule has 1 atom stereocenters. The Morgan fingerprint density at radius 3 is 2.95 bits per heavy atom. The first-order chi connectivity index (χ1) is 9.58. The lowest BCUT2D eigenvalue weighted by Gasteiger charge is -2.11. The van der Waals surface area contributed by atoms with Crippen molar-refractivity contribution < 1.29 is 4.79 Å². The van der Waals surface area contributed by atoms with Crippen LogP contribution in [0.25, 0.3) is 0 Å². The fourth-order valence-corrected chi connectivity index (χ4v) is 3.21. The van der Waals surface area contributed by atoms with Gasteiger partial charge in [-0.25, -0.2) is 4.98 Å². The monoisotopic (exact) mass is 305 g/mol. The molecule has 2 N–H and O–H groups in total. The molecule has 1 unspecified atom stereocenters. The number of pyridine rings is 1. The Balaban J connectivity index is 1.95. The summed E-state index contributed by atoms with van der Waals surface area (Å²) in [6.45, 7) is 0. The van der Waals surface area contributed by atoms with Gasteiger partial charge in [-0.2, -0.15) is 0 Å². The summed E-state index contributed by atoms with van der Waals surface area (Å²) in [6, 6.07) is 8.79. The maximum Gasteiger partial charge on any atom is 0.248 e. The molecule has 20 heavy (non-hydrogen) atoms. The molecule has 0 aliphatic carbocycles. The Kier molecular flexibility index (Phi) is 3.41. The van der Waals surface area contributed by atoms with Gasteiger partial charge in [-0.15, -0.1) is 0 Å². The number of likely N-dealkylation sites (N-methyl/N-ethyl adjacent to an activating group) is 1. The molecular formula is C14H12ClN3OS. The quantitative estimate of drug-likeness (QED) is 0.927. The number of anilines is 1. The Hall–Kier alpha value is -1.56.